The van der Waals surface area contributed by atoms with E-state index in [0.717, 1.165) is 0 Å². The summed E-state index contributed by atoms with van der Waals surface area (Å²) in [6.07, 6.45) is 0. The van der Waals surface area contributed by atoms with Crippen LogP contribution >= 0.6 is 11.3 Å². The molecule has 1 heterocycles. The van der Waals surface area contributed by atoms with Gasteiger partial charge in [0.05, 0.1) is 4.88 Å². The van der Waals surface area contributed by atoms with Crippen molar-refractivity contribution in [2.45, 2.75) is 13.0 Å². The summed E-state index contributed by atoms with van der Waals surface area (Å²) < 4.78 is 0. The van der Waals surface area contributed by atoms with E-state index in [-0.39, 0.29) is 17.9 Å². The van der Waals surface area contributed by atoms with Gasteiger partial charge in [0.1, 0.15) is 6.04 Å². The van der Waals surface area contributed by atoms with E-state index in [9.17, 15) is 9.59 Å². The number of rotatable bonds is 7. The first-order valence-electron chi connectivity index (χ1n) is 9.49. The summed E-state index contributed by atoms with van der Waals surface area (Å²) in [7, 11) is 3.43. The number of nitrogens with two attached hydrogens (primary N) is 1. The van der Waals surface area contributed by atoms with Crippen LogP contribution in [-0.4, -0.2) is 37.4 Å². The van der Waals surface area contributed by atoms with Gasteiger partial charge >= 0.3 is 0 Å². The number of thiophene rings is 1. The molecule has 0 saturated heterocycles. The number of aryl methyl sites for hydroxylation is 1. The number of benzene rings is 2. The molecule has 1 atom stereocenters. The summed E-state index contributed by atoms with van der Waals surface area (Å²) in [6, 6.07) is 19.6. The lowest BCUT2D eigenvalue weighted by Crippen LogP contribution is -2.87. The number of anilines is 1. The Morgan fingerprint density at radius 1 is 1.03 bits per heavy atom. The lowest BCUT2D eigenvalue weighted by atomic mass is 10.0. The summed E-state index contributed by atoms with van der Waals surface area (Å²) in [6.45, 7) is 2.37. The van der Waals surface area contributed by atoms with Gasteiger partial charge in [0.25, 0.3) is 11.8 Å². The minimum atomic E-state index is -0.0784. The quantitative estimate of drug-likeness (QED) is 0.631. The zero-order valence-electron chi connectivity index (χ0n) is 16.9. The molecule has 3 rings (SSSR count). The Morgan fingerprint density at radius 3 is 2.31 bits per heavy atom. The summed E-state index contributed by atoms with van der Waals surface area (Å²) in [5.74, 6) is -0.140. The molecule has 29 heavy (non-hydrogen) atoms. The second-order valence-electron chi connectivity index (χ2n) is 7.17. The Hall–Kier alpha value is -2.96. The molecule has 2 aromatic carbocycles. The van der Waals surface area contributed by atoms with E-state index >= 15 is 0 Å². The average molecular weight is 409 g/mol. The second-order valence-corrected chi connectivity index (χ2v) is 8.15. The molecule has 0 aliphatic carbocycles. The molecule has 2 amide bonds. The van der Waals surface area contributed by atoms with Gasteiger partial charge < -0.3 is 15.5 Å². The van der Waals surface area contributed by atoms with E-state index < -0.39 is 0 Å². The third kappa shape index (κ3) is 5.53. The SMILES string of the molecule is Cc1ccc([C@@H]([NH2+]CC(=O)Nc2ccc(C(=O)N(C)C)cc2)c2cccs2)cc1. The lowest BCUT2D eigenvalue weighted by molar-refractivity contribution is -0.675. The van der Waals surface area contributed by atoms with Crippen molar-refractivity contribution in [1.82, 2.24) is 4.90 Å². The van der Waals surface area contributed by atoms with Crippen LogP contribution in [0.25, 0.3) is 0 Å². The highest BCUT2D eigenvalue weighted by molar-refractivity contribution is 7.10. The largest absolute Gasteiger partial charge is 0.345 e. The third-order valence-electron chi connectivity index (χ3n) is 4.65. The van der Waals surface area contributed by atoms with E-state index in [0.29, 0.717) is 17.8 Å². The Balaban J connectivity index is 1.63. The third-order valence-corrected chi connectivity index (χ3v) is 5.60. The summed E-state index contributed by atoms with van der Waals surface area (Å²) in [5, 5.41) is 7.01. The van der Waals surface area contributed by atoms with Crippen molar-refractivity contribution in [3.63, 3.8) is 0 Å². The van der Waals surface area contributed by atoms with Crippen LogP contribution in [-0.2, 0) is 4.79 Å². The maximum absolute atomic E-state index is 12.5. The summed E-state index contributed by atoms with van der Waals surface area (Å²) >= 11 is 1.69. The topological polar surface area (TPSA) is 66.0 Å². The zero-order chi connectivity index (χ0) is 20.8. The normalized spacial score (nSPS) is 11.7. The molecule has 0 unspecified atom stereocenters. The van der Waals surface area contributed by atoms with Gasteiger partial charge in [-0.1, -0.05) is 35.9 Å². The van der Waals surface area contributed by atoms with Gasteiger partial charge in [-0.3, -0.25) is 9.59 Å². The molecule has 0 fully saturated rings. The highest BCUT2D eigenvalue weighted by Gasteiger charge is 2.20. The first kappa shape index (κ1) is 20.8. The van der Waals surface area contributed by atoms with E-state index in [4.69, 9.17) is 0 Å². The number of amides is 2. The predicted molar refractivity (Wildman–Crippen MR) is 117 cm³/mol. The van der Waals surface area contributed by atoms with Crippen molar-refractivity contribution in [1.29, 1.82) is 0 Å². The number of hydrogen-bond acceptors (Lipinski definition) is 3. The number of hydrogen-bond donors (Lipinski definition) is 2. The van der Waals surface area contributed by atoms with Gasteiger partial charge in [-0.05, 0) is 42.6 Å². The van der Waals surface area contributed by atoms with Crippen molar-refractivity contribution in [2.75, 3.05) is 26.0 Å². The van der Waals surface area contributed by atoms with Crippen LogP contribution < -0.4 is 10.6 Å². The molecular formula is C23H26N3O2S+. The van der Waals surface area contributed by atoms with Crippen LogP contribution in [0.15, 0.2) is 66.0 Å². The Kier molecular flexibility index (Phi) is 6.80. The molecule has 0 aliphatic heterocycles. The van der Waals surface area contributed by atoms with Gasteiger partial charge in [0.15, 0.2) is 6.54 Å². The van der Waals surface area contributed by atoms with Crippen molar-refractivity contribution < 1.29 is 14.9 Å². The number of carbonyl (C=O) groups is 2. The maximum atomic E-state index is 12.5. The van der Waals surface area contributed by atoms with Gasteiger partial charge in [0, 0.05) is 30.9 Å². The molecule has 6 heteroatoms. The highest BCUT2D eigenvalue weighted by atomic mass is 32.1. The van der Waals surface area contributed by atoms with Gasteiger partial charge in [-0.2, -0.15) is 0 Å². The first-order valence-corrected chi connectivity index (χ1v) is 10.4. The lowest BCUT2D eigenvalue weighted by Gasteiger charge is -2.15. The van der Waals surface area contributed by atoms with Crippen LogP contribution in [0.5, 0.6) is 0 Å². The molecule has 0 spiro atoms. The van der Waals surface area contributed by atoms with Gasteiger partial charge in [-0.25, -0.2) is 0 Å². The molecule has 150 valence electrons. The van der Waals surface area contributed by atoms with E-state index in [1.807, 2.05) is 6.07 Å². The average Bonchev–Trinajstić information content (AvgIpc) is 3.24. The predicted octanol–water partition coefficient (Wildman–Crippen LogP) is 3.05. The van der Waals surface area contributed by atoms with Crippen LogP contribution in [0.4, 0.5) is 5.69 Å². The minimum Gasteiger partial charge on any atom is -0.345 e. The Labute approximate surface area is 175 Å². The number of quaternary nitrogens is 1. The van der Waals surface area contributed by atoms with Crippen molar-refractivity contribution >= 4 is 28.8 Å². The van der Waals surface area contributed by atoms with Crippen molar-refractivity contribution in [3.05, 3.63) is 87.6 Å². The van der Waals surface area contributed by atoms with E-state index in [1.54, 1.807) is 49.7 Å². The molecule has 0 saturated carbocycles. The molecule has 3 aromatic rings. The van der Waals surface area contributed by atoms with Crippen molar-refractivity contribution in [3.8, 4) is 0 Å². The molecule has 0 bridgehead atoms. The van der Waals surface area contributed by atoms with Gasteiger partial charge in [-0.15, -0.1) is 11.3 Å². The first-order chi connectivity index (χ1) is 13.9. The minimum absolute atomic E-state index is 0.0619. The van der Waals surface area contributed by atoms with Gasteiger partial charge in [0.2, 0.25) is 0 Å². The summed E-state index contributed by atoms with van der Waals surface area (Å²) in [4.78, 5) is 27.2. The molecule has 0 radical (unpaired) electrons. The maximum Gasteiger partial charge on any atom is 0.279 e. The molecular weight excluding hydrogens is 382 g/mol. The van der Waals surface area contributed by atoms with Crippen molar-refractivity contribution in [2.24, 2.45) is 0 Å². The van der Waals surface area contributed by atoms with Crippen LogP contribution in [0.2, 0.25) is 0 Å². The molecule has 5 nitrogen and oxygen atoms in total. The fourth-order valence-corrected chi connectivity index (χ4v) is 3.90. The summed E-state index contributed by atoms with van der Waals surface area (Å²) in [5.41, 5.74) is 3.67. The number of carbonyl (C=O) groups excluding carboxylic acids is 2. The number of nitrogens with one attached hydrogen (secondary N) is 1. The monoisotopic (exact) mass is 408 g/mol. The smallest absolute Gasteiger partial charge is 0.279 e. The highest BCUT2D eigenvalue weighted by Crippen LogP contribution is 2.23. The molecule has 0 aliphatic rings. The fraction of sp³-hybridized carbons (Fsp3) is 0.217. The molecule has 3 N–H and O–H groups in total. The van der Waals surface area contributed by atoms with Crippen LogP contribution in [0, 0.1) is 6.92 Å². The zero-order valence-corrected chi connectivity index (χ0v) is 17.7. The standard InChI is InChI=1S/C23H25N3O2S/c1-16-6-8-17(9-7-16)22(20-5-4-14-29-20)24-15-21(27)25-19-12-10-18(11-13-19)23(28)26(2)3/h4-14,22,24H,15H2,1-3H3,(H,25,27)/p+1/t22-/m1/s1. The molecule has 1 aromatic heterocycles. The second kappa shape index (κ2) is 9.49. The fourth-order valence-electron chi connectivity index (χ4n) is 3.05. The Morgan fingerprint density at radius 2 is 1.72 bits per heavy atom. The van der Waals surface area contributed by atoms with E-state index in [1.165, 1.54) is 20.9 Å². The van der Waals surface area contributed by atoms with E-state index in [2.05, 4.69) is 53.3 Å². The van der Waals surface area contributed by atoms with Crippen LogP contribution in [0.1, 0.15) is 32.4 Å². The Bertz CT molecular complexity index is 949. The number of nitrogens with zero attached hydrogens (tertiary/aromatic N) is 1. The van der Waals surface area contributed by atoms with Crippen LogP contribution in [0.3, 0.4) is 0 Å².